The average molecular weight is 374 g/mol. The Bertz CT molecular complexity index is 988. The number of hydrogen-bond acceptors (Lipinski definition) is 4. The van der Waals surface area contributed by atoms with Crippen molar-refractivity contribution in [2.24, 2.45) is 0 Å². The number of carbonyl (C=O) groups excluding carboxylic acids is 1. The summed E-state index contributed by atoms with van der Waals surface area (Å²) in [4.78, 5) is 15.2. The zero-order valence-corrected chi connectivity index (χ0v) is 15.9. The van der Waals surface area contributed by atoms with Crippen LogP contribution in [0.3, 0.4) is 0 Å². The van der Waals surface area contributed by atoms with E-state index in [9.17, 15) is 4.79 Å². The van der Waals surface area contributed by atoms with Crippen LogP contribution in [0.5, 0.6) is 5.75 Å². The van der Waals surface area contributed by atoms with E-state index in [1.165, 1.54) is 0 Å². The van der Waals surface area contributed by atoms with Crippen LogP contribution in [-0.2, 0) is 11.3 Å². The van der Waals surface area contributed by atoms with Crippen molar-refractivity contribution in [1.82, 2.24) is 0 Å². The Morgan fingerprint density at radius 1 is 0.964 bits per heavy atom. The summed E-state index contributed by atoms with van der Waals surface area (Å²) < 4.78 is 10.8. The summed E-state index contributed by atoms with van der Waals surface area (Å²) >= 11 is 0. The maximum atomic E-state index is 13.4. The maximum absolute atomic E-state index is 13.4. The van der Waals surface area contributed by atoms with E-state index in [0.717, 1.165) is 28.3 Å². The normalized spacial score (nSPS) is 15.7. The van der Waals surface area contributed by atoms with Gasteiger partial charge in [-0.05, 0) is 42.0 Å². The summed E-state index contributed by atoms with van der Waals surface area (Å²) in [5, 5.41) is 3.52. The lowest BCUT2D eigenvalue weighted by Gasteiger charge is -2.38. The molecule has 0 fully saturated rings. The van der Waals surface area contributed by atoms with Crippen molar-refractivity contribution in [3.05, 3.63) is 89.5 Å². The average Bonchev–Trinajstić information content (AvgIpc) is 2.74. The first-order chi connectivity index (χ1) is 13.7. The molecule has 4 rings (SSSR count). The van der Waals surface area contributed by atoms with Gasteiger partial charge in [0.2, 0.25) is 0 Å². The second-order valence-electron chi connectivity index (χ2n) is 6.61. The molecule has 5 nitrogen and oxygen atoms in total. The second kappa shape index (κ2) is 7.74. The lowest BCUT2D eigenvalue weighted by Crippen LogP contribution is -2.43. The predicted octanol–water partition coefficient (Wildman–Crippen LogP) is 4.61. The summed E-state index contributed by atoms with van der Waals surface area (Å²) in [6.45, 7) is 0.430. The monoisotopic (exact) mass is 374 g/mol. The number of benzene rings is 3. The smallest absolute Gasteiger partial charge is 0.262 e. The van der Waals surface area contributed by atoms with Gasteiger partial charge in [-0.1, -0.05) is 36.4 Å². The Morgan fingerprint density at radius 2 is 1.71 bits per heavy atom. The molecule has 1 heterocycles. The van der Waals surface area contributed by atoms with Crippen LogP contribution >= 0.6 is 0 Å². The Kier molecular flexibility index (Phi) is 5.00. The van der Waals surface area contributed by atoms with Crippen LogP contribution in [0.2, 0.25) is 0 Å². The maximum Gasteiger partial charge on any atom is 0.262 e. The molecule has 3 aromatic carbocycles. The molecule has 1 atom stereocenters. The summed E-state index contributed by atoms with van der Waals surface area (Å²) in [5.41, 5.74) is 4.22. The Hall–Kier alpha value is -3.31. The topological polar surface area (TPSA) is 50.8 Å². The number of nitrogens with one attached hydrogen (secondary N) is 1. The van der Waals surface area contributed by atoms with Gasteiger partial charge in [0.25, 0.3) is 5.91 Å². The highest BCUT2D eigenvalue weighted by Gasteiger charge is 2.34. The van der Waals surface area contributed by atoms with Crippen molar-refractivity contribution in [2.45, 2.75) is 12.8 Å². The second-order valence-corrected chi connectivity index (χ2v) is 6.61. The van der Waals surface area contributed by atoms with Gasteiger partial charge in [0.05, 0.1) is 19.3 Å². The van der Waals surface area contributed by atoms with E-state index in [1.54, 1.807) is 19.1 Å². The minimum atomic E-state index is -0.341. The third-order valence-electron chi connectivity index (χ3n) is 4.88. The zero-order chi connectivity index (χ0) is 19.5. The third-order valence-corrected chi connectivity index (χ3v) is 4.88. The van der Waals surface area contributed by atoms with Crippen LogP contribution in [0.4, 0.5) is 11.4 Å². The standard InChI is InChI=1S/C23H22N2O3/c1-27-15-17-14-16(12-13-21(17)28-2)22-24-20-11-7-6-10-19(20)23(26)25(22)18-8-4-3-5-9-18/h3-14,22,24H,15H2,1-2H3. The highest BCUT2D eigenvalue weighted by atomic mass is 16.5. The molecule has 0 aliphatic carbocycles. The summed E-state index contributed by atoms with van der Waals surface area (Å²) in [7, 11) is 3.30. The molecule has 1 unspecified atom stereocenters. The molecule has 0 saturated heterocycles. The van der Waals surface area contributed by atoms with Crippen molar-refractivity contribution in [3.63, 3.8) is 0 Å². The van der Waals surface area contributed by atoms with Crippen LogP contribution in [-0.4, -0.2) is 20.1 Å². The van der Waals surface area contributed by atoms with Crippen molar-refractivity contribution in [2.75, 3.05) is 24.4 Å². The predicted molar refractivity (Wildman–Crippen MR) is 110 cm³/mol. The van der Waals surface area contributed by atoms with Crippen LogP contribution in [0.15, 0.2) is 72.8 Å². The van der Waals surface area contributed by atoms with Gasteiger partial charge in [0, 0.05) is 24.0 Å². The fourth-order valence-electron chi connectivity index (χ4n) is 3.58. The van der Waals surface area contributed by atoms with Crippen molar-refractivity contribution < 1.29 is 14.3 Å². The Balaban J connectivity index is 1.83. The van der Waals surface area contributed by atoms with Gasteiger partial charge < -0.3 is 14.8 Å². The minimum absolute atomic E-state index is 0.0327. The van der Waals surface area contributed by atoms with E-state index < -0.39 is 0 Å². The molecule has 1 N–H and O–H groups in total. The van der Waals surface area contributed by atoms with E-state index in [-0.39, 0.29) is 12.1 Å². The molecule has 3 aromatic rings. The molecule has 0 saturated carbocycles. The number of methoxy groups -OCH3 is 2. The molecule has 142 valence electrons. The fraction of sp³-hybridized carbons (Fsp3) is 0.174. The van der Waals surface area contributed by atoms with Gasteiger partial charge in [-0.15, -0.1) is 0 Å². The first-order valence-corrected chi connectivity index (χ1v) is 9.13. The molecule has 5 heteroatoms. The van der Waals surface area contributed by atoms with Gasteiger partial charge in [-0.3, -0.25) is 9.69 Å². The molecule has 1 amide bonds. The Labute approximate surface area is 164 Å². The first-order valence-electron chi connectivity index (χ1n) is 9.13. The van der Waals surface area contributed by atoms with Gasteiger partial charge in [-0.2, -0.15) is 0 Å². The van der Waals surface area contributed by atoms with Gasteiger partial charge >= 0.3 is 0 Å². The SMILES string of the molecule is COCc1cc(C2Nc3ccccc3C(=O)N2c2ccccc2)ccc1OC. The van der Waals surface area contributed by atoms with Crippen LogP contribution < -0.4 is 15.0 Å². The number of anilines is 2. The molecular weight excluding hydrogens is 352 g/mol. The van der Waals surface area contributed by atoms with Crippen molar-refractivity contribution in [3.8, 4) is 5.75 Å². The number of para-hydroxylation sites is 2. The molecule has 0 bridgehead atoms. The molecule has 0 spiro atoms. The number of nitrogens with zero attached hydrogens (tertiary/aromatic N) is 1. The van der Waals surface area contributed by atoms with Crippen LogP contribution in [0.1, 0.15) is 27.7 Å². The number of rotatable bonds is 5. The summed E-state index contributed by atoms with van der Waals surface area (Å²) in [6, 6.07) is 23.2. The quantitative estimate of drug-likeness (QED) is 0.708. The highest BCUT2D eigenvalue weighted by Crippen LogP contribution is 2.37. The van der Waals surface area contributed by atoms with Crippen LogP contribution in [0.25, 0.3) is 0 Å². The van der Waals surface area contributed by atoms with E-state index in [1.807, 2.05) is 72.8 Å². The summed E-state index contributed by atoms with van der Waals surface area (Å²) in [6.07, 6.45) is -0.341. The highest BCUT2D eigenvalue weighted by molar-refractivity contribution is 6.12. The van der Waals surface area contributed by atoms with Crippen molar-refractivity contribution in [1.29, 1.82) is 0 Å². The molecule has 28 heavy (non-hydrogen) atoms. The fourth-order valence-corrected chi connectivity index (χ4v) is 3.58. The number of carbonyl (C=O) groups is 1. The van der Waals surface area contributed by atoms with E-state index in [2.05, 4.69) is 5.32 Å². The van der Waals surface area contributed by atoms with Gasteiger partial charge in [-0.25, -0.2) is 0 Å². The Morgan fingerprint density at radius 3 is 2.46 bits per heavy atom. The third kappa shape index (κ3) is 3.21. The van der Waals surface area contributed by atoms with Crippen LogP contribution in [0, 0.1) is 0 Å². The lowest BCUT2D eigenvalue weighted by atomic mass is 10.0. The van der Waals surface area contributed by atoms with E-state index in [0.29, 0.717) is 12.2 Å². The number of ether oxygens (including phenoxy) is 2. The van der Waals surface area contributed by atoms with E-state index >= 15 is 0 Å². The molecule has 0 aromatic heterocycles. The number of hydrogen-bond donors (Lipinski definition) is 1. The van der Waals surface area contributed by atoms with Gasteiger partial charge in [0.1, 0.15) is 11.9 Å². The molecule has 1 aliphatic rings. The largest absolute Gasteiger partial charge is 0.496 e. The lowest BCUT2D eigenvalue weighted by molar-refractivity contribution is 0.0975. The molecular formula is C23H22N2O3. The number of fused-ring (bicyclic) bond motifs is 1. The first kappa shape index (κ1) is 18.1. The molecule has 0 radical (unpaired) electrons. The molecule has 1 aliphatic heterocycles. The van der Waals surface area contributed by atoms with E-state index in [4.69, 9.17) is 9.47 Å². The van der Waals surface area contributed by atoms with Gasteiger partial charge in [0.15, 0.2) is 0 Å². The minimum Gasteiger partial charge on any atom is -0.496 e. The zero-order valence-electron chi connectivity index (χ0n) is 15.9. The van der Waals surface area contributed by atoms with Crippen molar-refractivity contribution >= 4 is 17.3 Å². The number of amides is 1. The summed E-state index contributed by atoms with van der Waals surface area (Å²) in [5.74, 6) is 0.731.